The lowest BCUT2D eigenvalue weighted by Gasteiger charge is -2.04. The van der Waals surface area contributed by atoms with E-state index in [4.69, 9.17) is 4.74 Å². The number of benzene rings is 1. The number of nitrogens with zero attached hydrogens (tertiary/aromatic N) is 2. The van der Waals surface area contributed by atoms with E-state index in [0.717, 1.165) is 5.01 Å². The van der Waals surface area contributed by atoms with Crippen molar-refractivity contribution in [3.8, 4) is 10.9 Å². The summed E-state index contributed by atoms with van der Waals surface area (Å²) in [6, 6.07) is 4.97. The summed E-state index contributed by atoms with van der Waals surface area (Å²) in [6.07, 6.45) is 0. The summed E-state index contributed by atoms with van der Waals surface area (Å²) < 4.78 is 19.6. The van der Waals surface area contributed by atoms with Crippen LogP contribution in [-0.2, 0) is 6.54 Å². The van der Waals surface area contributed by atoms with Crippen molar-refractivity contribution < 1.29 is 9.13 Å². The maximum absolute atomic E-state index is 13.6. The smallest absolute Gasteiger partial charge is 0.299 e. The SMILES string of the molecule is CC(C)NCc1nnc(Oc2ccc(Br)cc2F)s1. The first-order valence-corrected chi connectivity index (χ1v) is 7.34. The number of ether oxygens (including phenoxy) is 1. The molecule has 0 aliphatic rings. The van der Waals surface area contributed by atoms with Crippen LogP contribution in [0.15, 0.2) is 22.7 Å². The van der Waals surface area contributed by atoms with Crippen LogP contribution in [0.1, 0.15) is 18.9 Å². The van der Waals surface area contributed by atoms with Crippen molar-refractivity contribution in [2.24, 2.45) is 0 Å². The van der Waals surface area contributed by atoms with Crippen LogP contribution in [0.5, 0.6) is 10.9 Å². The van der Waals surface area contributed by atoms with Gasteiger partial charge in [-0.25, -0.2) is 4.39 Å². The summed E-state index contributed by atoms with van der Waals surface area (Å²) in [5, 5.41) is 12.2. The summed E-state index contributed by atoms with van der Waals surface area (Å²) in [5.41, 5.74) is 0. The van der Waals surface area contributed by atoms with Gasteiger partial charge in [0.25, 0.3) is 5.19 Å². The molecule has 0 unspecified atom stereocenters. The molecule has 0 fully saturated rings. The molecule has 0 bridgehead atoms. The minimum atomic E-state index is -0.438. The van der Waals surface area contributed by atoms with Crippen LogP contribution in [0.2, 0.25) is 0 Å². The molecular formula is C12H13BrFN3OS. The highest BCUT2D eigenvalue weighted by atomic mass is 79.9. The Morgan fingerprint density at radius 3 is 2.89 bits per heavy atom. The fourth-order valence-electron chi connectivity index (χ4n) is 1.29. The second-order valence-corrected chi connectivity index (χ2v) is 6.11. The first-order valence-electron chi connectivity index (χ1n) is 5.73. The van der Waals surface area contributed by atoms with E-state index in [1.807, 2.05) is 0 Å². The molecule has 0 aliphatic carbocycles. The van der Waals surface area contributed by atoms with Crippen LogP contribution in [0.4, 0.5) is 4.39 Å². The predicted molar refractivity (Wildman–Crippen MR) is 76.1 cm³/mol. The number of rotatable bonds is 5. The van der Waals surface area contributed by atoms with Gasteiger partial charge in [-0.15, -0.1) is 5.10 Å². The summed E-state index contributed by atoms with van der Waals surface area (Å²) in [4.78, 5) is 0. The van der Waals surface area contributed by atoms with Gasteiger partial charge in [-0.1, -0.05) is 46.2 Å². The summed E-state index contributed by atoms with van der Waals surface area (Å²) in [6.45, 7) is 4.73. The standard InChI is InChI=1S/C12H13BrFN3OS/c1-7(2)15-6-11-16-17-12(19-11)18-10-4-3-8(13)5-9(10)14/h3-5,7,15H,6H2,1-2H3. The van der Waals surface area contributed by atoms with Crippen molar-refractivity contribution in [3.05, 3.63) is 33.5 Å². The third-order valence-electron chi connectivity index (χ3n) is 2.20. The molecule has 1 aromatic heterocycles. The van der Waals surface area contributed by atoms with Crippen molar-refractivity contribution in [1.82, 2.24) is 15.5 Å². The molecule has 2 aromatic rings. The van der Waals surface area contributed by atoms with Gasteiger partial charge in [0.2, 0.25) is 0 Å². The Morgan fingerprint density at radius 1 is 1.42 bits per heavy atom. The molecule has 0 spiro atoms. The quantitative estimate of drug-likeness (QED) is 0.896. The Kier molecular flexibility index (Phi) is 4.84. The van der Waals surface area contributed by atoms with Crippen LogP contribution in [-0.4, -0.2) is 16.2 Å². The van der Waals surface area contributed by atoms with E-state index in [9.17, 15) is 4.39 Å². The van der Waals surface area contributed by atoms with Crippen LogP contribution < -0.4 is 10.1 Å². The molecule has 1 N–H and O–H groups in total. The highest BCUT2D eigenvalue weighted by molar-refractivity contribution is 9.10. The second kappa shape index (κ2) is 6.40. The van der Waals surface area contributed by atoms with Gasteiger partial charge in [0.1, 0.15) is 5.01 Å². The van der Waals surface area contributed by atoms with Crippen LogP contribution >= 0.6 is 27.3 Å². The van der Waals surface area contributed by atoms with Gasteiger partial charge in [-0.05, 0) is 18.2 Å². The van der Waals surface area contributed by atoms with Crippen LogP contribution in [0, 0.1) is 5.82 Å². The van der Waals surface area contributed by atoms with Crippen molar-refractivity contribution >= 4 is 27.3 Å². The fraction of sp³-hybridized carbons (Fsp3) is 0.333. The molecule has 1 heterocycles. The van der Waals surface area contributed by atoms with Gasteiger partial charge >= 0.3 is 0 Å². The third kappa shape index (κ3) is 4.22. The zero-order chi connectivity index (χ0) is 13.8. The Morgan fingerprint density at radius 2 is 2.21 bits per heavy atom. The first-order chi connectivity index (χ1) is 9.04. The molecule has 0 radical (unpaired) electrons. The lowest BCUT2D eigenvalue weighted by molar-refractivity contribution is 0.435. The topological polar surface area (TPSA) is 47.0 Å². The lowest BCUT2D eigenvalue weighted by Crippen LogP contribution is -2.21. The van der Waals surface area contributed by atoms with Gasteiger partial charge in [0.15, 0.2) is 11.6 Å². The molecule has 2 rings (SSSR count). The van der Waals surface area contributed by atoms with E-state index in [1.165, 1.54) is 17.4 Å². The minimum Gasteiger partial charge on any atom is -0.427 e. The normalized spacial score (nSPS) is 11.0. The lowest BCUT2D eigenvalue weighted by atomic mass is 10.3. The van der Waals surface area contributed by atoms with Crippen LogP contribution in [0.25, 0.3) is 0 Å². The number of hydrogen-bond donors (Lipinski definition) is 1. The molecule has 0 saturated heterocycles. The van der Waals surface area contributed by atoms with Crippen molar-refractivity contribution in [3.63, 3.8) is 0 Å². The molecule has 0 saturated carbocycles. The van der Waals surface area contributed by atoms with Gasteiger partial charge in [-0.3, -0.25) is 0 Å². The molecule has 19 heavy (non-hydrogen) atoms. The molecule has 0 atom stereocenters. The number of aromatic nitrogens is 2. The fourth-order valence-corrected chi connectivity index (χ4v) is 2.28. The van der Waals surface area contributed by atoms with Gasteiger partial charge < -0.3 is 10.1 Å². The Labute approximate surface area is 123 Å². The number of halogens is 2. The third-order valence-corrected chi connectivity index (χ3v) is 3.50. The summed E-state index contributed by atoms with van der Waals surface area (Å²) in [7, 11) is 0. The minimum absolute atomic E-state index is 0.141. The molecule has 4 nitrogen and oxygen atoms in total. The maximum atomic E-state index is 13.6. The van der Waals surface area contributed by atoms with E-state index in [1.54, 1.807) is 12.1 Å². The number of hydrogen-bond acceptors (Lipinski definition) is 5. The molecule has 0 amide bonds. The predicted octanol–water partition coefficient (Wildman–Crippen LogP) is 3.73. The largest absolute Gasteiger partial charge is 0.427 e. The number of nitrogens with one attached hydrogen (secondary N) is 1. The van der Waals surface area contributed by atoms with E-state index < -0.39 is 5.82 Å². The first kappa shape index (κ1) is 14.4. The average Bonchev–Trinajstić information content (AvgIpc) is 2.78. The summed E-state index contributed by atoms with van der Waals surface area (Å²) >= 11 is 4.49. The van der Waals surface area contributed by atoms with Crippen molar-refractivity contribution in [2.45, 2.75) is 26.4 Å². The van der Waals surface area contributed by atoms with Gasteiger partial charge in [0.05, 0.1) is 6.54 Å². The van der Waals surface area contributed by atoms with E-state index in [0.29, 0.717) is 22.3 Å². The zero-order valence-electron chi connectivity index (χ0n) is 10.5. The molecule has 0 aliphatic heterocycles. The monoisotopic (exact) mass is 345 g/mol. The van der Waals surface area contributed by atoms with Crippen LogP contribution in [0.3, 0.4) is 0 Å². The highest BCUT2D eigenvalue weighted by Gasteiger charge is 2.10. The molecule has 102 valence electrons. The average molecular weight is 346 g/mol. The van der Waals surface area contributed by atoms with Gasteiger partial charge in [0, 0.05) is 10.5 Å². The molecule has 1 aromatic carbocycles. The van der Waals surface area contributed by atoms with E-state index >= 15 is 0 Å². The maximum Gasteiger partial charge on any atom is 0.299 e. The second-order valence-electron chi connectivity index (χ2n) is 4.17. The molecular weight excluding hydrogens is 333 g/mol. The molecule has 7 heteroatoms. The Hall–Kier alpha value is -1.05. The highest BCUT2D eigenvalue weighted by Crippen LogP contribution is 2.28. The zero-order valence-corrected chi connectivity index (χ0v) is 12.9. The Balaban J connectivity index is 2.03. The van der Waals surface area contributed by atoms with Gasteiger partial charge in [-0.2, -0.15) is 0 Å². The van der Waals surface area contributed by atoms with Crippen molar-refractivity contribution in [1.29, 1.82) is 0 Å². The summed E-state index contributed by atoms with van der Waals surface area (Å²) in [5.74, 6) is -0.297. The van der Waals surface area contributed by atoms with E-state index in [-0.39, 0.29) is 5.75 Å². The van der Waals surface area contributed by atoms with E-state index in [2.05, 4.69) is 45.3 Å². The Bertz CT molecular complexity index is 562. The van der Waals surface area contributed by atoms with Crippen molar-refractivity contribution in [2.75, 3.05) is 0 Å².